The highest BCUT2D eigenvalue weighted by atomic mass is 35.5. The maximum Gasteiger partial charge on any atom is 0.338 e. The molecule has 126 valence electrons. The number of carbonyl (C=O) groups is 1. The Bertz CT molecular complexity index is 915. The van der Waals surface area contributed by atoms with Crippen LogP contribution in [0, 0.1) is 10.1 Å². The van der Waals surface area contributed by atoms with Crippen LogP contribution in [0.5, 0.6) is 0 Å². The second-order valence-electron chi connectivity index (χ2n) is 4.59. The summed E-state index contributed by atoms with van der Waals surface area (Å²) < 4.78 is 39.5. The van der Waals surface area contributed by atoms with E-state index in [0.29, 0.717) is 5.56 Å². The van der Waals surface area contributed by atoms with Crippen molar-refractivity contribution in [2.45, 2.75) is 11.5 Å². The van der Waals surface area contributed by atoms with Gasteiger partial charge in [0.05, 0.1) is 15.5 Å². The van der Waals surface area contributed by atoms with Gasteiger partial charge in [-0.05, 0) is 23.8 Å². The van der Waals surface area contributed by atoms with Crippen LogP contribution in [0.3, 0.4) is 0 Å². The van der Waals surface area contributed by atoms with Gasteiger partial charge in [-0.2, -0.15) is 8.42 Å². The SMILES string of the molecule is O=C(OCc1cccc([N+](=O)[O-])c1)c1ccc(S(=O)(=O)F)c(Cl)c1. The van der Waals surface area contributed by atoms with Gasteiger partial charge in [0.25, 0.3) is 5.69 Å². The molecule has 0 N–H and O–H groups in total. The highest BCUT2D eigenvalue weighted by Crippen LogP contribution is 2.25. The molecule has 0 heterocycles. The Labute approximate surface area is 141 Å². The maximum atomic E-state index is 12.9. The van der Waals surface area contributed by atoms with Crippen molar-refractivity contribution < 1.29 is 26.8 Å². The molecule has 0 saturated heterocycles. The average Bonchev–Trinajstić information content (AvgIpc) is 2.51. The van der Waals surface area contributed by atoms with Gasteiger partial charge >= 0.3 is 16.2 Å². The second-order valence-corrected chi connectivity index (χ2v) is 6.31. The summed E-state index contributed by atoms with van der Waals surface area (Å²) in [5, 5.41) is 10.2. The molecule has 0 aliphatic carbocycles. The molecule has 0 radical (unpaired) electrons. The molecule has 0 aliphatic heterocycles. The van der Waals surface area contributed by atoms with Crippen molar-refractivity contribution in [1.29, 1.82) is 0 Å². The van der Waals surface area contributed by atoms with E-state index < -0.39 is 31.0 Å². The van der Waals surface area contributed by atoms with Gasteiger partial charge in [0.2, 0.25) is 0 Å². The fourth-order valence-electron chi connectivity index (χ4n) is 1.82. The Morgan fingerprint density at radius 3 is 2.54 bits per heavy atom. The monoisotopic (exact) mass is 373 g/mol. The summed E-state index contributed by atoms with van der Waals surface area (Å²) in [6, 6.07) is 8.38. The van der Waals surface area contributed by atoms with Crippen LogP contribution in [0.25, 0.3) is 0 Å². The van der Waals surface area contributed by atoms with Crippen molar-refractivity contribution in [3.05, 3.63) is 68.7 Å². The van der Waals surface area contributed by atoms with Crippen molar-refractivity contribution in [3.8, 4) is 0 Å². The molecule has 2 aromatic carbocycles. The van der Waals surface area contributed by atoms with Gasteiger partial charge in [-0.25, -0.2) is 4.79 Å². The number of carbonyl (C=O) groups excluding carboxylic acids is 1. The summed E-state index contributed by atoms with van der Waals surface area (Å²) >= 11 is 5.63. The van der Waals surface area contributed by atoms with Crippen LogP contribution < -0.4 is 0 Å². The minimum atomic E-state index is -4.99. The number of hydrogen-bond acceptors (Lipinski definition) is 6. The molecule has 2 aromatic rings. The Morgan fingerprint density at radius 2 is 1.96 bits per heavy atom. The van der Waals surface area contributed by atoms with Crippen LogP contribution in [0.4, 0.5) is 9.57 Å². The quantitative estimate of drug-likeness (QED) is 0.345. The molecule has 24 heavy (non-hydrogen) atoms. The number of esters is 1. The van der Waals surface area contributed by atoms with Gasteiger partial charge in [-0.3, -0.25) is 10.1 Å². The summed E-state index contributed by atoms with van der Waals surface area (Å²) in [7, 11) is -4.99. The lowest BCUT2D eigenvalue weighted by atomic mass is 10.2. The van der Waals surface area contributed by atoms with Crippen LogP contribution in [-0.4, -0.2) is 19.3 Å². The zero-order chi connectivity index (χ0) is 17.9. The molecule has 0 saturated carbocycles. The third-order valence-corrected chi connectivity index (χ3v) is 4.23. The Hall–Kier alpha value is -2.52. The number of nitrogens with zero attached hydrogens (tertiary/aromatic N) is 1. The van der Waals surface area contributed by atoms with Gasteiger partial charge < -0.3 is 4.74 Å². The fourth-order valence-corrected chi connectivity index (χ4v) is 2.80. The number of rotatable bonds is 5. The highest BCUT2D eigenvalue weighted by molar-refractivity contribution is 7.86. The number of non-ortho nitro benzene ring substituents is 1. The molecule has 0 atom stereocenters. The van der Waals surface area contributed by atoms with E-state index in [-0.39, 0.29) is 17.9 Å². The molecular formula is C14H9ClFNO6S. The predicted octanol–water partition coefficient (Wildman–Crippen LogP) is 3.26. The van der Waals surface area contributed by atoms with Crippen LogP contribution in [0.15, 0.2) is 47.4 Å². The largest absolute Gasteiger partial charge is 0.457 e. The molecule has 0 fully saturated rings. The molecule has 0 amide bonds. The lowest BCUT2D eigenvalue weighted by molar-refractivity contribution is -0.384. The van der Waals surface area contributed by atoms with Crippen molar-refractivity contribution in [3.63, 3.8) is 0 Å². The minimum Gasteiger partial charge on any atom is -0.457 e. The van der Waals surface area contributed by atoms with Crippen LogP contribution in [0.1, 0.15) is 15.9 Å². The van der Waals surface area contributed by atoms with E-state index in [1.807, 2.05) is 0 Å². The average molecular weight is 374 g/mol. The number of hydrogen-bond donors (Lipinski definition) is 0. The van der Waals surface area contributed by atoms with Gasteiger partial charge in [-0.15, -0.1) is 3.89 Å². The molecule has 0 aromatic heterocycles. The van der Waals surface area contributed by atoms with E-state index >= 15 is 0 Å². The van der Waals surface area contributed by atoms with Gasteiger partial charge in [0, 0.05) is 12.1 Å². The second kappa shape index (κ2) is 6.93. The topological polar surface area (TPSA) is 104 Å². The summed E-state index contributed by atoms with van der Waals surface area (Å²) in [6.45, 7) is -0.235. The minimum absolute atomic E-state index is 0.0853. The van der Waals surface area contributed by atoms with Gasteiger partial charge in [0.15, 0.2) is 0 Å². The lowest BCUT2D eigenvalue weighted by Crippen LogP contribution is -2.06. The van der Waals surface area contributed by atoms with Crippen LogP contribution in [-0.2, 0) is 21.6 Å². The zero-order valence-corrected chi connectivity index (χ0v) is 13.4. The van der Waals surface area contributed by atoms with Crippen LogP contribution in [0.2, 0.25) is 5.02 Å². The molecular weight excluding hydrogens is 365 g/mol. The maximum absolute atomic E-state index is 12.9. The van der Waals surface area contributed by atoms with E-state index in [1.54, 1.807) is 0 Å². The van der Waals surface area contributed by atoms with Crippen molar-refractivity contribution in [1.82, 2.24) is 0 Å². The first-order valence-corrected chi connectivity index (χ1v) is 8.09. The van der Waals surface area contributed by atoms with E-state index in [2.05, 4.69) is 0 Å². The third kappa shape index (κ3) is 4.27. The van der Waals surface area contributed by atoms with Gasteiger partial charge in [-0.1, -0.05) is 23.7 Å². The molecule has 7 nitrogen and oxygen atoms in total. The number of nitro groups is 1. The van der Waals surface area contributed by atoms with Gasteiger partial charge in [0.1, 0.15) is 11.5 Å². The normalized spacial score (nSPS) is 11.1. The smallest absolute Gasteiger partial charge is 0.338 e. The number of ether oxygens (including phenoxy) is 1. The van der Waals surface area contributed by atoms with E-state index in [0.717, 1.165) is 18.2 Å². The number of benzene rings is 2. The Balaban J connectivity index is 2.12. The lowest BCUT2D eigenvalue weighted by Gasteiger charge is -2.06. The van der Waals surface area contributed by atoms with Crippen molar-refractivity contribution in [2.75, 3.05) is 0 Å². The van der Waals surface area contributed by atoms with Crippen molar-refractivity contribution >= 4 is 33.5 Å². The molecule has 0 bridgehead atoms. The summed E-state index contributed by atoms with van der Waals surface area (Å²) in [5.74, 6) is -0.841. The molecule has 2 rings (SSSR count). The first kappa shape index (κ1) is 17.8. The zero-order valence-electron chi connectivity index (χ0n) is 11.8. The number of nitro benzene ring substituents is 1. The third-order valence-electron chi connectivity index (χ3n) is 2.92. The highest BCUT2D eigenvalue weighted by Gasteiger charge is 2.19. The standard InChI is InChI=1S/C14H9ClFNO6S/c15-12-7-10(4-5-13(12)24(16,21)22)14(18)23-8-9-2-1-3-11(6-9)17(19)20/h1-7H,8H2. The summed E-state index contributed by atoms with van der Waals surface area (Å²) in [4.78, 5) is 21.2. The van der Waals surface area contributed by atoms with E-state index in [9.17, 15) is 27.2 Å². The molecule has 0 spiro atoms. The molecule has 0 unspecified atom stereocenters. The van der Waals surface area contributed by atoms with Crippen molar-refractivity contribution in [2.24, 2.45) is 0 Å². The van der Waals surface area contributed by atoms with Crippen LogP contribution >= 0.6 is 11.6 Å². The first-order valence-electron chi connectivity index (χ1n) is 6.33. The summed E-state index contributed by atoms with van der Waals surface area (Å²) in [5.41, 5.74) is 0.161. The van der Waals surface area contributed by atoms with E-state index in [4.69, 9.17) is 16.3 Å². The molecule has 0 aliphatic rings. The number of halogens is 2. The fraction of sp³-hybridized carbons (Fsp3) is 0.0714. The predicted molar refractivity (Wildman–Crippen MR) is 82.0 cm³/mol. The Kier molecular flexibility index (Phi) is 5.15. The molecule has 10 heteroatoms. The first-order chi connectivity index (χ1) is 11.2. The van der Waals surface area contributed by atoms with E-state index in [1.165, 1.54) is 24.3 Å². The summed E-state index contributed by atoms with van der Waals surface area (Å²) in [6.07, 6.45) is 0. The Morgan fingerprint density at radius 1 is 1.25 bits per heavy atom.